The van der Waals surface area contributed by atoms with E-state index < -0.39 is 0 Å². The van der Waals surface area contributed by atoms with E-state index >= 15 is 0 Å². The maximum atomic E-state index is 5.82. The van der Waals surface area contributed by atoms with Crippen LogP contribution in [0.15, 0.2) is 21.1 Å². The number of nitrogens with zero attached hydrogens (tertiary/aromatic N) is 2. The van der Waals surface area contributed by atoms with Gasteiger partial charge < -0.3 is 14.6 Å². The molecule has 0 saturated carbocycles. The summed E-state index contributed by atoms with van der Waals surface area (Å²) in [5, 5.41) is 6.87. The second kappa shape index (κ2) is 6.16. The lowest BCUT2D eigenvalue weighted by atomic mass is 10.1. The highest BCUT2D eigenvalue weighted by Crippen LogP contribution is 2.28. The number of aromatic nitrogens is 2. The first-order valence-electron chi connectivity index (χ1n) is 5.95. The fraction of sp³-hybridized carbons (Fsp3) is 0.385. The molecule has 0 fully saturated rings. The summed E-state index contributed by atoms with van der Waals surface area (Å²) in [7, 11) is 1.90. The summed E-state index contributed by atoms with van der Waals surface area (Å²) >= 11 is 3.49. The van der Waals surface area contributed by atoms with Crippen molar-refractivity contribution in [2.45, 2.75) is 27.0 Å². The lowest BCUT2D eigenvalue weighted by Crippen LogP contribution is -2.09. The van der Waals surface area contributed by atoms with Gasteiger partial charge in [0.05, 0.1) is 0 Å². The molecule has 5 nitrogen and oxygen atoms in total. The lowest BCUT2D eigenvalue weighted by Gasteiger charge is -2.13. The highest BCUT2D eigenvalue weighted by molar-refractivity contribution is 9.10. The van der Waals surface area contributed by atoms with Crippen LogP contribution in [0.3, 0.4) is 0 Å². The minimum atomic E-state index is 0.278. The number of ether oxygens (including phenoxy) is 1. The molecule has 0 amide bonds. The fourth-order valence-corrected chi connectivity index (χ4v) is 2.48. The van der Waals surface area contributed by atoms with Gasteiger partial charge in [0.2, 0.25) is 0 Å². The second-order valence-electron chi connectivity index (χ2n) is 4.27. The highest BCUT2D eigenvalue weighted by atomic mass is 79.9. The number of rotatable bonds is 5. The van der Waals surface area contributed by atoms with Gasteiger partial charge in [0.1, 0.15) is 5.75 Å². The topological polar surface area (TPSA) is 60.2 Å². The summed E-state index contributed by atoms with van der Waals surface area (Å²) in [6, 6.07) is 4.06. The van der Waals surface area contributed by atoms with Crippen molar-refractivity contribution in [1.29, 1.82) is 0 Å². The number of nitrogens with one attached hydrogen (secondary N) is 1. The SMILES string of the molecule is CNCc1cc(Br)cc(C)c1OCc1nc(C)no1. The van der Waals surface area contributed by atoms with Gasteiger partial charge >= 0.3 is 0 Å². The Morgan fingerprint density at radius 1 is 1.37 bits per heavy atom. The molecular formula is C13H16BrN3O2. The summed E-state index contributed by atoms with van der Waals surface area (Å²) in [5.74, 6) is 1.95. The molecule has 0 radical (unpaired) electrons. The maximum absolute atomic E-state index is 5.82. The van der Waals surface area contributed by atoms with E-state index in [0.29, 0.717) is 11.7 Å². The Morgan fingerprint density at radius 2 is 2.16 bits per heavy atom. The molecule has 0 bridgehead atoms. The number of hydrogen-bond acceptors (Lipinski definition) is 5. The first-order valence-corrected chi connectivity index (χ1v) is 6.75. The Hall–Kier alpha value is -1.40. The predicted octanol–water partition coefficient (Wildman–Crippen LogP) is 2.75. The van der Waals surface area contributed by atoms with Crippen molar-refractivity contribution in [1.82, 2.24) is 15.5 Å². The molecule has 0 atom stereocenters. The molecule has 6 heteroatoms. The van der Waals surface area contributed by atoms with Crippen LogP contribution in [0, 0.1) is 13.8 Å². The van der Waals surface area contributed by atoms with Crippen LogP contribution in [0.25, 0.3) is 0 Å². The lowest BCUT2D eigenvalue weighted by molar-refractivity contribution is 0.239. The number of benzene rings is 1. The fourth-order valence-electron chi connectivity index (χ4n) is 1.86. The first kappa shape index (κ1) is 14.0. The second-order valence-corrected chi connectivity index (χ2v) is 5.18. The molecule has 0 aliphatic rings. The highest BCUT2D eigenvalue weighted by Gasteiger charge is 2.11. The molecule has 0 spiro atoms. The molecule has 1 aromatic carbocycles. The Morgan fingerprint density at radius 3 is 2.79 bits per heavy atom. The summed E-state index contributed by atoms with van der Waals surface area (Å²) in [6.07, 6.45) is 0. The normalized spacial score (nSPS) is 10.7. The van der Waals surface area contributed by atoms with E-state index in [-0.39, 0.29) is 6.61 Å². The smallest absolute Gasteiger partial charge is 0.264 e. The molecule has 1 N–H and O–H groups in total. The summed E-state index contributed by atoms with van der Waals surface area (Å²) in [4.78, 5) is 4.12. The van der Waals surface area contributed by atoms with E-state index in [2.05, 4.69) is 31.4 Å². The van der Waals surface area contributed by atoms with Crippen molar-refractivity contribution in [2.75, 3.05) is 7.05 Å². The molecule has 1 heterocycles. The Labute approximate surface area is 120 Å². The van der Waals surface area contributed by atoms with Gasteiger partial charge in [-0.05, 0) is 38.6 Å². The zero-order valence-electron chi connectivity index (χ0n) is 11.2. The van der Waals surface area contributed by atoms with Gasteiger partial charge in [-0.15, -0.1) is 0 Å². The largest absolute Gasteiger partial charge is 0.483 e. The van der Waals surface area contributed by atoms with Gasteiger partial charge in [0.25, 0.3) is 5.89 Å². The third-order valence-electron chi connectivity index (χ3n) is 2.59. The van der Waals surface area contributed by atoms with Crippen LogP contribution < -0.4 is 10.1 Å². The van der Waals surface area contributed by atoms with Crippen molar-refractivity contribution in [3.05, 3.63) is 39.4 Å². The van der Waals surface area contributed by atoms with Crippen LogP contribution in [0.5, 0.6) is 5.75 Å². The van der Waals surface area contributed by atoms with Gasteiger partial charge in [0.15, 0.2) is 12.4 Å². The van der Waals surface area contributed by atoms with Gasteiger partial charge in [-0.2, -0.15) is 4.98 Å². The average Bonchev–Trinajstić information content (AvgIpc) is 2.74. The molecule has 2 aromatic rings. The van der Waals surface area contributed by atoms with Crippen LogP contribution in [-0.4, -0.2) is 17.2 Å². The summed E-state index contributed by atoms with van der Waals surface area (Å²) in [5.41, 5.74) is 2.15. The zero-order valence-corrected chi connectivity index (χ0v) is 12.7. The van der Waals surface area contributed by atoms with Gasteiger partial charge in [-0.1, -0.05) is 21.1 Å². The van der Waals surface area contributed by atoms with E-state index in [1.165, 1.54) is 0 Å². The van der Waals surface area contributed by atoms with E-state index in [4.69, 9.17) is 9.26 Å². The summed E-state index contributed by atoms with van der Waals surface area (Å²) in [6.45, 7) is 4.81. The predicted molar refractivity (Wildman–Crippen MR) is 75.0 cm³/mol. The Balaban J connectivity index is 2.18. The van der Waals surface area contributed by atoms with Crippen molar-refractivity contribution in [3.8, 4) is 5.75 Å². The molecule has 2 rings (SSSR count). The Kier molecular flexibility index (Phi) is 4.55. The molecular weight excluding hydrogens is 310 g/mol. The zero-order chi connectivity index (χ0) is 13.8. The molecule has 0 aliphatic carbocycles. The molecule has 102 valence electrons. The van der Waals surface area contributed by atoms with Crippen LogP contribution in [-0.2, 0) is 13.2 Å². The molecule has 0 unspecified atom stereocenters. The van der Waals surface area contributed by atoms with E-state index in [0.717, 1.165) is 27.9 Å². The van der Waals surface area contributed by atoms with Crippen molar-refractivity contribution < 1.29 is 9.26 Å². The number of aryl methyl sites for hydroxylation is 2. The standard InChI is InChI=1S/C13H16BrN3O2/c1-8-4-11(14)5-10(6-15-3)13(8)18-7-12-16-9(2)17-19-12/h4-5,15H,6-7H2,1-3H3. The Bertz CT molecular complexity index is 569. The van der Waals surface area contributed by atoms with E-state index in [9.17, 15) is 0 Å². The van der Waals surface area contributed by atoms with Crippen LogP contribution in [0.1, 0.15) is 22.8 Å². The van der Waals surface area contributed by atoms with Gasteiger partial charge in [-0.3, -0.25) is 0 Å². The number of hydrogen-bond donors (Lipinski definition) is 1. The van der Waals surface area contributed by atoms with Gasteiger partial charge in [-0.25, -0.2) is 0 Å². The quantitative estimate of drug-likeness (QED) is 0.915. The number of halogens is 1. The molecule has 0 saturated heterocycles. The van der Waals surface area contributed by atoms with Crippen molar-refractivity contribution >= 4 is 15.9 Å². The van der Waals surface area contributed by atoms with E-state index in [1.807, 2.05) is 26.1 Å². The average molecular weight is 326 g/mol. The summed E-state index contributed by atoms with van der Waals surface area (Å²) < 4.78 is 11.9. The third-order valence-corrected chi connectivity index (χ3v) is 3.05. The van der Waals surface area contributed by atoms with Crippen LogP contribution in [0.4, 0.5) is 0 Å². The molecule has 1 aromatic heterocycles. The molecule has 19 heavy (non-hydrogen) atoms. The molecule has 0 aliphatic heterocycles. The minimum absolute atomic E-state index is 0.278. The van der Waals surface area contributed by atoms with Crippen LogP contribution in [0.2, 0.25) is 0 Å². The third kappa shape index (κ3) is 3.54. The van der Waals surface area contributed by atoms with Crippen molar-refractivity contribution in [3.63, 3.8) is 0 Å². The first-order chi connectivity index (χ1) is 9.10. The van der Waals surface area contributed by atoms with E-state index in [1.54, 1.807) is 6.92 Å². The minimum Gasteiger partial charge on any atom is -0.483 e. The van der Waals surface area contributed by atoms with Crippen LogP contribution >= 0.6 is 15.9 Å². The monoisotopic (exact) mass is 325 g/mol. The van der Waals surface area contributed by atoms with Crippen molar-refractivity contribution in [2.24, 2.45) is 0 Å². The van der Waals surface area contributed by atoms with Gasteiger partial charge in [0, 0.05) is 16.6 Å². The maximum Gasteiger partial charge on any atom is 0.264 e.